The summed E-state index contributed by atoms with van der Waals surface area (Å²) >= 11 is 0. The fourth-order valence-electron chi connectivity index (χ4n) is 2.08. The molecule has 1 aromatic rings. The lowest BCUT2D eigenvalue weighted by Gasteiger charge is -2.16. The zero-order valence-corrected chi connectivity index (χ0v) is 12.3. The Morgan fingerprint density at radius 2 is 2.11 bits per heavy atom. The normalized spacial score (nSPS) is 13.2. The third kappa shape index (κ3) is 5.17. The highest BCUT2D eigenvalue weighted by molar-refractivity contribution is 4.86. The molecule has 4 heteroatoms. The van der Waals surface area contributed by atoms with Gasteiger partial charge in [-0.2, -0.15) is 5.10 Å². The van der Waals surface area contributed by atoms with Crippen molar-refractivity contribution in [3.63, 3.8) is 0 Å². The van der Waals surface area contributed by atoms with E-state index in [-0.39, 0.29) is 0 Å². The first-order valence-electron chi connectivity index (χ1n) is 7.27. The predicted octanol–water partition coefficient (Wildman–Crippen LogP) is 2.64. The lowest BCUT2D eigenvalue weighted by atomic mass is 10.1. The monoisotopic (exact) mass is 252 g/mol. The van der Waals surface area contributed by atoms with Crippen molar-refractivity contribution in [1.29, 1.82) is 0 Å². The van der Waals surface area contributed by atoms with Gasteiger partial charge in [-0.25, -0.2) is 9.67 Å². The Labute approximate surface area is 111 Å². The first-order valence-corrected chi connectivity index (χ1v) is 7.27. The second kappa shape index (κ2) is 8.25. The summed E-state index contributed by atoms with van der Waals surface area (Å²) in [5.41, 5.74) is 0. The predicted molar refractivity (Wildman–Crippen MR) is 75.6 cm³/mol. The first kappa shape index (κ1) is 15.2. The third-order valence-corrected chi connectivity index (χ3v) is 3.13. The maximum Gasteiger partial charge on any atom is 0.138 e. The van der Waals surface area contributed by atoms with Crippen LogP contribution in [0.4, 0.5) is 0 Å². The molecule has 1 unspecified atom stereocenters. The van der Waals surface area contributed by atoms with Crippen LogP contribution in [0.3, 0.4) is 0 Å². The van der Waals surface area contributed by atoms with E-state index >= 15 is 0 Å². The average molecular weight is 252 g/mol. The Kier molecular flexibility index (Phi) is 6.94. The molecular formula is C14H28N4. The minimum absolute atomic E-state index is 0.606. The van der Waals surface area contributed by atoms with E-state index in [2.05, 4.69) is 47.8 Å². The second-order valence-corrected chi connectivity index (χ2v) is 5.35. The number of hydrogen-bond acceptors (Lipinski definition) is 3. The molecule has 0 aliphatic heterocycles. The van der Waals surface area contributed by atoms with Gasteiger partial charge in [0, 0.05) is 19.0 Å². The molecule has 0 fully saturated rings. The van der Waals surface area contributed by atoms with E-state index in [1.165, 1.54) is 12.8 Å². The zero-order chi connectivity index (χ0) is 13.4. The van der Waals surface area contributed by atoms with Gasteiger partial charge in [-0.3, -0.25) is 0 Å². The van der Waals surface area contributed by atoms with Gasteiger partial charge in [0.1, 0.15) is 12.2 Å². The summed E-state index contributed by atoms with van der Waals surface area (Å²) < 4.78 is 2.05. The summed E-state index contributed by atoms with van der Waals surface area (Å²) in [6.07, 6.45) is 6.21. The van der Waals surface area contributed by atoms with Gasteiger partial charge in [0.15, 0.2) is 0 Å². The molecule has 0 spiro atoms. The van der Waals surface area contributed by atoms with Crippen molar-refractivity contribution in [2.24, 2.45) is 5.92 Å². The highest BCUT2D eigenvalue weighted by atomic mass is 15.3. The molecule has 1 aromatic heterocycles. The van der Waals surface area contributed by atoms with Gasteiger partial charge >= 0.3 is 0 Å². The fourth-order valence-corrected chi connectivity index (χ4v) is 2.08. The van der Waals surface area contributed by atoms with Gasteiger partial charge in [-0.15, -0.1) is 0 Å². The molecule has 1 rings (SSSR count). The molecule has 0 aliphatic rings. The van der Waals surface area contributed by atoms with Crippen LogP contribution < -0.4 is 5.32 Å². The largest absolute Gasteiger partial charge is 0.314 e. The molecule has 104 valence electrons. The van der Waals surface area contributed by atoms with Crippen molar-refractivity contribution in [1.82, 2.24) is 20.1 Å². The van der Waals surface area contributed by atoms with Gasteiger partial charge in [0.05, 0.1) is 0 Å². The Morgan fingerprint density at radius 3 is 2.72 bits per heavy atom. The van der Waals surface area contributed by atoms with Gasteiger partial charge in [0.2, 0.25) is 0 Å². The number of nitrogens with zero attached hydrogens (tertiary/aromatic N) is 3. The van der Waals surface area contributed by atoms with E-state index in [9.17, 15) is 0 Å². The lowest BCUT2D eigenvalue weighted by molar-refractivity contribution is 0.436. The fraction of sp³-hybridized carbons (Fsp3) is 0.857. The summed E-state index contributed by atoms with van der Waals surface area (Å²) in [7, 11) is 0. The van der Waals surface area contributed by atoms with Crippen molar-refractivity contribution in [2.75, 3.05) is 6.54 Å². The van der Waals surface area contributed by atoms with Gasteiger partial charge < -0.3 is 5.32 Å². The third-order valence-electron chi connectivity index (χ3n) is 3.13. The molecule has 1 heterocycles. The highest BCUT2D eigenvalue weighted by Crippen LogP contribution is 2.07. The minimum atomic E-state index is 0.606. The van der Waals surface area contributed by atoms with Crippen LogP contribution in [0.25, 0.3) is 0 Å². The Balaban J connectivity index is 2.43. The highest BCUT2D eigenvalue weighted by Gasteiger charge is 2.10. The summed E-state index contributed by atoms with van der Waals surface area (Å²) in [5, 5.41) is 7.89. The van der Waals surface area contributed by atoms with Crippen molar-refractivity contribution in [2.45, 2.75) is 66.0 Å². The van der Waals surface area contributed by atoms with E-state index in [0.29, 0.717) is 12.0 Å². The van der Waals surface area contributed by atoms with Crippen LogP contribution in [0.5, 0.6) is 0 Å². The molecule has 0 aliphatic carbocycles. The molecule has 18 heavy (non-hydrogen) atoms. The topological polar surface area (TPSA) is 42.7 Å². The molecule has 0 bridgehead atoms. The Bertz CT molecular complexity index is 319. The lowest BCUT2D eigenvalue weighted by Crippen LogP contribution is -2.29. The van der Waals surface area contributed by atoms with E-state index in [1.54, 1.807) is 6.33 Å². The first-order chi connectivity index (χ1) is 8.67. The van der Waals surface area contributed by atoms with Crippen LogP contribution in [-0.2, 0) is 13.0 Å². The molecular weight excluding hydrogens is 224 g/mol. The van der Waals surface area contributed by atoms with E-state index < -0.39 is 0 Å². The van der Waals surface area contributed by atoms with Gasteiger partial charge in [0.25, 0.3) is 0 Å². The SMILES string of the molecule is CCCNC(CC)CCc1ncnn1CC(C)C. The van der Waals surface area contributed by atoms with E-state index in [0.717, 1.165) is 31.8 Å². The average Bonchev–Trinajstić information content (AvgIpc) is 2.76. The van der Waals surface area contributed by atoms with Crippen LogP contribution in [0, 0.1) is 5.92 Å². The number of nitrogens with one attached hydrogen (secondary N) is 1. The summed E-state index contributed by atoms with van der Waals surface area (Å²) in [6, 6.07) is 0.606. The van der Waals surface area contributed by atoms with Crippen molar-refractivity contribution < 1.29 is 0 Å². The van der Waals surface area contributed by atoms with Gasteiger partial charge in [-0.05, 0) is 31.7 Å². The van der Waals surface area contributed by atoms with Crippen LogP contribution >= 0.6 is 0 Å². The number of aromatic nitrogens is 3. The van der Waals surface area contributed by atoms with Crippen LogP contribution in [0.15, 0.2) is 6.33 Å². The maximum absolute atomic E-state index is 4.38. The Hall–Kier alpha value is -0.900. The maximum atomic E-state index is 4.38. The van der Waals surface area contributed by atoms with Crippen LogP contribution in [0.2, 0.25) is 0 Å². The molecule has 0 saturated carbocycles. The second-order valence-electron chi connectivity index (χ2n) is 5.35. The van der Waals surface area contributed by atoms with Crippen LogP contribution in [0.1, 0.15) is 52.8 Å². The molecule has 0 aromatic carbocycles. The quantitative estimate of drug-likeness (QED) is 0.734. The standard InChI is InChI=1S/C14H28N4/c1-5-9-15-13(6-2)7-8-14-16-11-17-18(14)10-12(3)4/h11-13,15H,5-10H2,1-4H3. The Morgan fingerprint density at radius 1 is 1.33 bits per heavy atom. The number of aryl methyl sites for hydroxylation is 1. The van der Waals surface area contributed by atoms with Crippen molar-refractivity contribution >= 4 is 0 Å². The molecule has 0 radical (unpaired) electrons. The number of hydrogen-bond donors (Lipinski definition) is 1. The molecule has 4 nitrogen and oxygen atoms in total. The van der Waals surface area contributed by atoms with Crippen molar-refractivity contribution in [3.05, 3.63) is 12.2 Å². The van der Waals surface area contributed by atoms with E-state index in [1.807, 2.05) is 0 Å². The summed E-state index contributed by atoms with van der Waals surface area (Å²) in [4.78, 5) is 4.38. The zero-order valence-electron chi connectivity index (χ0n) is 12.3. The van der Waals surface area contributed by atoms with Gasteiger partial charge in [-0.1, -0.05) is 27.7 Å². The molecule has 1 N–H and O–H groups in total. The summed E-state index contributed by atoms with van der Waals surface area (Å²) in [6.45, 7) is 10.9. The molecule has 1 atom stereocenters. The molecule has 0 amide bonds. The minimum Gasteiger partial charge on any atom is -0.314 e. The van der Waals surface area contributed by atoms with E-state index in [4.69, 9.17) is 0 Å². The summed E-state index contributed by atoms with van der Waals surface area (Å²) in [5.74, 6) is 1.74. The number of rotatable bonds is 9. The van der Waals surface area contributed by atoms with Crippen LogP contribution in [-0.4, -0.2) is 27.4 Å². The van der Waals surface area contributed by atoms with Crippen molar-refractivity contribution in [3.8, 4) is 0 Å². The molecule has 0 saturated heterocycles. The smallest absolute Gasteiger partial charge is 0.138 e.